The highest BCUT2D eigenvalue weighted by Gasteiger charge is 2.45. The van der Waals surface area contributed by atoms with Crippen molar-refractivity contribution < 1.29 is 47.9 Å². The Morgan fingerprint density at radius 1 is 0.243 bits per heavy atom. The third kappa shape index (κ3) is 48.6. The molecule has 7 aliphatic rings. The molecule has 0 aromatic rings. The van der Waals surface area contributed by atoms with Crippen LogP contribution in [0.4, 0.5) is 0 Å². The van der Waals surface area contributed by atoms with Crippen LogP contribution in [-0.2, 0) is 47.9 Å². The van der Waals surface area contributed by atoms with Gasteiger partial charge in [0.15, 0.2) is 0 Å². The van der Waals surface area contributed by atoms with Gasteiger partial charge in [0.05, 0.1) is 6.42 Å². The topological polar surface area (TPSA) is 190 Å². The number of carbonyl (C=O) groups excluding carboxylic acids is 10. The van der Waals surface area contributed by atoms with E-state index in [4.69, 9.17) is 0 Å². The molecule has 7 rings (SSSR count). The normalized spacial score (nSPS) is 22.5. The molecule has 0 aromatic carbocycles. The van der Waals surface area contributed by atoms with Gasteiger partial charge in [0.2, 0.25) is 17.7 Å². The number of unbranched alkanes of at least 4 members (excludes halogenated alkanes) is 54. The van der Waals surface area contributed by atoms with Crippen LogP contribution in [0.15, 0.2) is 36.1 Å². The summed E-state index contributed by atoms with van der Waals surface area (Å²) >= 11 is 0. The SMILES string of the molecule is CCCCCCCCC1C(CCCCCC)CCC(CCCCCCCCN2C(=O)C=CC2=O)C1CCCCCCCCN1C(=O)C=C(N(CCCCCCCCC2C(CCCCCCCCN(C(C)=O)C3CC(=O)N(CCCCCCCCC4C(CCCCCCCCN5C(=O)C=CC5=O)CCC(CCCCCC)C4CCCCCCCC)C3=O)CCC(CCCCCC)C2CCCCCCCC)C(C)=O)C1=O. The van der Waals surface area contributed by atoms with E-state index in [1.807, 2.05) is 0 Å². The van der Waals surface area contributed by atoms with E-state index in [1.54, 1.807) is 23.6 Å². The van der Waals surface area contributed by atoms with Gasteiger partial charge in [0, 0.05) is 83.5 Å². The second-order valence-corrected chi connectivity index (χ2v) is 47.6. The minimum Gasteiger partial charge on any atom is -0.330 e. The van der Waals surface area contributed by atoms with Gasteiger partial charge in [-0.15, -0.1) is 0 Å². The van der Waals surface area contributed by atoms with Crippen molar-refractivity contribution in [1.29, 1.82) is 0 Å². The molecular formula is C128H224N6O10. The Bertz CT molecular complexity index is 3530. The molecule has 3 saturated carbocycles. The van der Waals surface area contributed by atoms with E-state index in [9.17, 15) is 47.9 Å². The Hall–Kier alpha value is -5.28. The number of likely N-dealkylation sites (tertiary alicyclic amines) is 1. The van der Waals surface area contributed by atoms with Gasteiger partial charge in [-0.05, 0) is 187 Å². The largest absolute Gasteiger partial charge is 0.330 e. The second kappa shape index (κ2) is 78.8. The molecule has 0 aromatic heterocycles. The molecule has 10 amide bonds. The highest BCUT2D eigenvalue weighted by molar-refractivity contribution is 6.17. The predicted molar refractivity (Wildman–Crippen MR) is 600 cm³/mol. The Morgan fingerprint density at radius 2 is 0.458 bits per heavy atom. The summed E-state index contributed by atoms with van der Waals surface area (Å²) in [6, 6.07) is -0.677. The first-order valence-electron chi connectivity index (χ1n) is 63.4. The number of hydrogen-bond donors (Lipinski definition) is 0. The van der Waals surface area contributed by atoms with Crippen LogP contribution in [0.25, 0.3) is 0 Å². The monoisotopic (exact) mass is 2010 g/mol. The highest BCUT2D eigenvalue weighted by atomic mass is 16.2. The second-order valence-electron chi connectivity index (χ2n) is 47.6. The van der Waals surface area contributed by atoms with Gasteiger partial charge < -0.3 is 9.80 Å². The fourth-order valence-electron chi connectivity index (χ4n) is 28.1. The van der Waals surface area contributed by atoms with Gasteiger partial charge in [-0.2, -0.15) is 0 Å². The zero-order valence-corrected chi connectivity index (χ0v) is 95.0. The molecule has 4 heterocycles. The molecule has 0 spiro atoms. The summed E-state index contributed by atoms with van der Waals surface area (Å²) < 4.78 is 0. The van der Waals surface area contributed by atoms with Crippen molar-refractivity contribution >= 4 is 59.1 Å². The Labute approximate surface area is 884 Å². The number of hydrogen-bond acceptors (Lipinski definition) is 10. The van der Waals surface area contributed by atoms with Crippen LogP contribution in [0.3, 0.4) is 0 Å². The number of rotatable bonds is 92. The molecule has 3 aliphatic carbocycles. The van der Waals surface area contributed by atoms with Crippen LogP contribution in [0.1, 0.15) is 601 Å². The van der Waals surface area contributed by atoms with E-state index in [1.165, 1.54) is 487 Å². The summed E-state index contributed by atoms with van der Waals surface area (Å²) in [6.07, 6.45) is 113. The van der Waals surface area contributed by atoms with Crippen molar-refractivity contribution in [3.63, 3.8) is 0 Å². The first kappa shape index (κ1) is 126. The molecule has 4 aliphatic heterocycles. The van der Waals surface area contributed by atoms with Crippen molar-refractivity contribution in [1.82, 2.24) is 29.4 Å². The Morgan fingerprint density at radius 3 is 0.715 bits per heavy atom. The number of carbonyl (C=O) groups is 10. The van der Waals surface area contributed by atoms with Gasteiger partial charge in [-0.1, -0.05) is 465 Å². The van der Waals surface area contributed by atoms with E-state index < -0.39 is 6.04 Å². The van der Waals surface area contributed by atoms with E-state index in [0.29, 0.717) is 39.3 Å². The maximum absolute atomic E-state index is 14.1. The van der Waals surface area contributed by atoms with Crippen molar-refractivity contribution in [2.24, 2.45) is 71.0 Å². The number of amides is 10. The van der Waals surface area contributed by atoms with Crippen molar-refractivity contribution in [2.75, 3.05) is 39.3 Å². The Kier molecular flexibility index (Phi) is 68.8. The quantitative estimate of drug-likeness (QED) is 0.0418. The summed E-state index contributed by atoms with van der Waals surface area (Å²) in [4.78, 5) is 139. The zero-order valence-electron chi connectivity index (χ0n) is 95.0. The molecule has 0 bridgehead atoms. The molecule has 16 heteroatoms. The number of imide groups is 4. The standard InChI is InChI=1S/C128H224N6O10/c1-9-15-21-27-45-63-81-113-107(75-57-24-18-12-4)87-90-110(78-60-42-30-36-51-69-97-129(105(7)135)119-103-125(141)133(127(119)143)101-73-55-40-34-49-67-85-117-111(79-61-43-31-37-53-71-99-131-121(137)93-94-122(131)138)91-88-108(76-58-25-19-13-5)114(117)82-64-46-28-22-16-10-2)116(113)84-66-48-33-39-52-70-98-130(106(8)136)120-104-126(142)134(128(120)144)102-74-56-41-35-50-68-86-118-112(80-62-44-32-38-54-72-100-132-123(139)95-96-124(132)140)92-89-109(77-59-26-20-14-6)115(118)83-65-47-29-23-17-11-3/h93-96,104,107-119H,9-92,97-103H2,1-8H3. The molecule has 1 saturated heterocycles. The lowest BCUT2D eigenvalue weighted by atomic mass is 9.61. The zero-order chi connectivity index (χ0) is 103. The molecule has 13 unspecified atom stereocenters. The van der Waals surface area contributed by atoms with Gasteiger partial charge in [0.1, 0.15) is 11.7 Å². The van der Waals surface area contributed by atoms with Gasteiger partial charge in [-0.3, -0.25) is 67.5 Å². The van der Waals surface area contributed by atoms with E-state index >= 15 is 0 Å². The maximum Gasteiger partial charge on any atom is 0.277 e. The van der Waals surface area contributed by atoms with Crippen LogP contribution in [0.2, 0.25) is 0 Å². The lowest BCUT2D eigenvalue weighted by Gasteiger charge is -2.44. The van der Waals surface area contributed by atoms with Crippen LogP contribution >= 0.6 is 0 Å². The molecular weight excluding hydrogens is 1780 g/mol. The molecule has 13 atom stereocenters. The smallest absolute Gasteiger partial charge is 0.277 e. The first-order chi connectivity index (χ1) is 70.4. The lowest BCUT2D eigenvalue weighted by Crippen LogP contribution is -2.45. The molecule has 144 heavy (non-hydrogen) atoms. The lowest BCUT2D eigenvalue weighted by molar-refractivity contribution is -0.143. The average Bonchev–Trinajstić information content (AvgIpc) is 1.58. The van der Waals surface area contributed by atoms with Crippen LogP contribution in [-0.4, -0.2) is 134 Å². The van der Waals surface area contributed by atoms with Crippen LogP contribution < -0.4 is 0 Å². The average molecular weight is 2010 g/mol. The highest BCUT2D eigenvalue weighted by Crippen LogP contribution is 2.52. The fourth-order valence-corrected chi connectivity index (χ4v) is 28.1. The summed E-state index contributed by atoms with van der Waals surface area (Å²) in [5.74, 6) is 8.19. The van der Waals surface area contributed by atoms with Crippen molar-refractivity contribution in [3.05, 3.63) is 36.1 Å². The van der Waals surface area contributed by atoms with Gasteiger partial charge in [-0.25, -0.2) is 0 Å². The summed E-state index contributed by atoms with van der Waals surface area (Å²) in [6.45, 7) is 20.0. The summed E-state index contributed by atoms with van der Waals surface area (Å²) in [5, 5.41) is 0. The first-order valence-corrected chi connectivity index (χ1v) is 63.4. The van der Waals surface area contributed by atoms with Crippen LogP contribution in [0, 0.1) is 71.0 Å². The number of nitrogens with zero attached hydrogens (tertiary/aromatic N) is 6. The maximum atomic E-state index is 14.1. The van der Waals surface area contributed by atoms with Crippen LogP contribution in [0.5, 0.6) is 0 Å². The Balaban J connectivity index is 0.803. The fraction of sp³-hybridized carbons (Fsp3) is 0.875. The molecule has 0 N–H and O–H groups in total. The molecule has 0 radical (unpaired) electrons. The minimum atomic E-state index is -0.677. The summed E-state index contributed by atoms with van der Waals surface area (Å²) in [5.41, 5.74) is 0.258. The third-order valence-corrected chi connectivity index (χ3v) is 36.6. The predicted octanol–water partition coefficient (Wildman–Crippen LogP) is 34.2. The molecule has 16 nitrogen and oxygen atoms in total. The molecule has 4 fully saturated rings. The summed E-state index contributed by atoms with van der Waals surface area (Å²) in [7, 11) is 0. The van der Waals surface area contributed by atoms with E-state index in [2.05, 4.69) is 41.5 Å². The van der Waals surface area contributed by atoms with Gasteiger partial charge >= 0.3 is 0 Å². The third-order valence-electron chi connectivity index (χ3n) is 36.6. The van der Waals surface area contributed by atoms with Gasteiger partial charge in [0.25, 0.3) is 41.4 Å². The van der Waals surface area contributed by atoms with E-state index in [-0.39, 0.29) is 71.2 Å². The van der Waals surface area contributed by atoms with Crippen molar-refractivity contribution in [2.45, 2.75) is 607 Å². The molecule has 826 valence electrons. The van der Waals surface area contributed by atoms with E-state index in [0.717, 1.165) is 174 Å². The van der Waals surface area contributed by atoms with Crippen molar-refractivity contribution in [3.8, 4) is 0 Å². The minimum absolute atomic E-state index is 0.105.